The molecule has 8 nitrogen and oxygen atoms in total. The number of likely N-dealkylation sites (tertiary alicyclic amines) is 2. The molecule has 0 atom stereocenters. The summed E-state index contributed by atoms with van der Waals surface area (Å²) >= 11 is 0. The maximum Gasteiger partial charge on any atom is 0.238 e. The van der Waals surface area contributed by atoms with Crippen LogP contribution in [0.5, 0.6) is 0 Å². The molecule has 7 rings (SSSR count). The van der Waals surface area contributed by atoms with Crippen molar-refractivity contribution < 1.29 is 9.59 Å². The van der Waals surface area contributed by atoms with Gasteiger partial charge >= 0.3 is 0 Å². The smallest absolute Gasteiger partial charge is 0.238 e. The first-order valence-electron chi connectivity index (χ1n) is 17.2. The van der Waals surface area contributed by atoms with Crippen LogP contribution in [0.4, 0.5) is 11.4 Å². The van der Waals surface area contributed by atoms with E-state index in [9.17, 15) is 9.59 Å². The number of carbonyl (C=O) groups excluding carboxylic acids is 2. The Balaban J connectivity index is 1.34. The van der Waals surface area contributed by atoms with Crippen LogP contribution in [0.25, 0.3) is 11.4 Å². The van der Waals surface area contributed by atoms with Crippen molar-refractivity contribution in [2.75, 3.05) is 49.9 Å². The molecule has 0 bridgehead atoms. The molecule has 0 aromatic heterocycles. The summed E-state index contributed by atoms with van der Waals surface area (Å²) in [7, 11) is 0. The van der Waals surface area contributed by atoms with Crippen molar-refractivity contribution in [1.82, 2.24) is 9.80 Å². The number of fused-ring (bicyclic) bond motifs is 2. The molecule has 0 unspecified atom stereocenters. The SMILES string of the molecule is O=C(CN1CCCCC1)Nc1ccc2c(c1)=C(c1ccccc1)N=c1ccc(NC(=O)CN3CCCCC3)cc1=C(c1ccccc1)N=2. The van der Waals surface area contributed by atoms with Crippen LogP contribution < -0.4 is 31.8 Å². The summed E-state index contributed by atoms with van der Waals surface area (Å²) in [6.07, 6.45) is 7.01. The number of amides is 2. The van der Waals surface area contributed by atoms with Crippen LogP contribution in [-0.4, -0.2) is 60.9 Å². The van der Waals surface area contributed by atoms with E-state index in [1.165, 1.54) is 12.8 Å². The van der Waals surface area contributed by atoms with Crippen molar-refractivity contribution >= 4 is 34.6 Å². The lowest BCUT2D eigenvalue weighted by Crippen LogP contribution is -2.38. The third-order valence-electron chi connectivity index (χ3n) is 9.26. The number of nitrogens with one attached hydrogen (secondary N) is 2. The van der Waals surface area contributed by atoms with E-state index in [-0.39, 0.29) is 11.8 Å². The van der Waals surface area contributed by atoms with E-state index >= 15 is 0 Å². The Morgan fingerprint density at radius 3 is 1.31 bits per heavy atom. The fraction of sp³-hybridized carbons (Fsp3) is 0.300. The second kappa shape index (κ2) is 14.9. The minimum atomic E-state index is -0.0189. The lowest BCUT2D eigenvalue weighted by Gasteiger charge is -2.25. The van der Waals surface area contributed by atoms with Gasteiger partial charge in [0, 0.05) is 32.9 Å². The molecule has 3 heterocycles. The zero-order chi connectivity index (χ0) is 32.7. The number of rotatable bonds is 8. The van der Waals surface area contributed by atoms with E-state index in [4.69, 9.17) is 9.98 Å². The summed E-state index contributed by atoms with van der Waals surface area (Å²) < 4.78 is 0. The van der Waals surface area contributed by atoms with Crippen LogP contribution in [0, 0.1) is 0 Å². The van der Waals surface area contributed by atoms with E-state index in [1.807, 2.05) is 97.1 Å². The quantitative estimate of drug-likeness (QED) is 0.308. The predicted molar refractivity (Wildman–Crippen MR) is 190 cm³/mol. The van der Waals surface area contributed by atoms with Gasteiger partial charge in [-0.05, 0) is 88.3 Å². The first-order chi connectivity index (χ1) is 23.6. The predicted octanol–water partition coefficient (Wildman–Crippen LogP) is 3.80. The van der Waals surface area contributed by atoms with Gasteiger partial charge in [0.05, 0.1) is 35.2 Å². The van der Waals surface area contributed by atoms with Crippen molar-refractivity contribution in [2.24, 2.45) is 9.98 Å². The van der Waals surface area contributed by atoms with E-state index in [1.54, 1.807) is 0 Å². The molecule has 3 aliphatic rings. The highest BCUT2D eigenvalue weighted by Crippen LogP contribution is 2.17. The maximum absolute atomic E-state index is 13.1. The number of nitrogens with zero attached hydrogens (tertiary/aromatic N) is 4. The molecule has 2 amide bonds. The summed E-state index contributed by atoms with van der Waals surface area (Å²) in [5.74, 6) is -0.0378. The Hall–Kier alpha value is -4.92. The summed E-state index contributed by atoms with van der Waals surface area (Å²) in [4.78, 5) is 41.3. The van der Waals surface area contributed by atoms with Gasteiger partial charge in [0.15, 0.2) is 0 Å². The molecule has 0 aliphatic carbocycles. The number of piperidine rings is 2. The van der Waals surface area contributed by atoms with E-state index in [0.29, 0.717) is 24.5 Å². The average molecular weight is 639 g/mol. The zero-order valence-corrected chi connectivity index (χ0v) is 27.3. The third-order valence-corrected chi connectivity index (χ3v) is 9.26. The third kappa shape index (κ3) is 7.62. The Labute approximate surface area is 281 Å². The highest BCUT2D eigenvalue weighted by atomic mass is 16.2. The highest BCUT2D eigenvalue weighted by molar-refractivity contribution is 5.93. The summed E-state index contributed by atoms with van der Waals surface area (Å²) in [5.41, 5.74) is 4.83. The van der Waals surface area contributed by atoms with Crippen molar-refractivity contribution in [3.8, 4) is 0 Å². The zero-order valence-electron chi connectivity index (χ0n) is 27.3. The molecule has 0 radical (unpaired) electrons. The number of carbonyl (C=O) groups is 2. The van der Waals surface area contributed by atoms with Crippen molar-refractivity contribution in [3.05, 3.63) is 129 Å². The summed E-state index contributed by atoms with van der Waals surface area (Å²) in [5, 5.41) is 9.42. The molecule has 4 aromatic carbocycles. The van der Waals surface area contributed by atoms with Gasteiger partial charge in [0.25, 0.3) is 0 Å². The van der Waals surface area contributed by atoms with Gasteiger partial charge in [-0.2, -0.15) is 0 Å². The second-order valence-corrected chi connectivity index (χ2v) is 12.9. The fourth-order valence-electron chi connectivity index (χ4n) is 6.84. The van der Waals surface area contributed by atoms with Crippen LogP contribution in [0.2, 0.25) is 0 Å². The Morgan fingerprint density at radius 2 is 0.917 bits per heavy atom. The standard InChI is InChI=1S/C40H42N6O2/c47-37(27-45-21-9-3-10-22-45)41-31-17-19-35-33(25-31)39(29-13-5-1-6-14-29)43-36-20-18-32(42-38(48)28-46-23-11-4-12-24-46)26-34(36)40(44-35)30-15-7-2-8-16-30/h1-2,5-8,13-20,25-26H,3-4,9-12,21-24,27-28H2,(H,41,47)(H,42,48). The van der Waals surface area contributed by atoms with Gasteiger partial charge in [-0.3, -0.25) is 19.4 Å². The van der Waals surface area contributed by atoms with Crippen LogP contribution in [-0.2, 0) is 9.59 Å². The van der Waals surface area contributed by atoms with Gasteiger partial charge in [-0.1, -0.05) is 73.5 Å². The monoisotopic (exact) mass is 638 g/mol. The van der Waals surface area contributed by atoms with Crippen LogP contribution >= 0.6 is 0 Å². The van der Waals surface area contributed by atoms with Crippen LogP contribution in [0.1, 0.15) is 49.7 Å². The number of anilines is 2. The first-order valence-corrected chi connectivity index (χ1v) is 17.2. The number of hydrogen-bond donors (Lipinski definition) is 2. The molecule has 2 saturated heterocycles. The molecule has 8 heteroatoms. The largest absolute Gasteiger partial charge is 0.325 e. The fourth-order valence-corrected chi connectivity index (χ4v) is 6.84. The Kier molecular flexibility index (Phi) is 9.82. The summed E-state index contributed by atoms with van der Waals surface area (Å²) in [6.45, 7) is 4.62. The Bertz CT molecular complexity index is 1880. The van der Waals surface area contributed by atoms with E-state index in [2.05, 4.69) is 20.4 Å². The molecule has 0 spiro atoms. The topological polar surface area (TPSA) is 89.4 Å². The lowest BCUT2D eigenvalue weighted by molar-refractivity contribution is -0.118. The summed E-state index contributed by atoms with van der Waals surface area (Å²) in [6, 6.07) is 31.9. The van der Waals surface area contributed by atoms with Gasteiger partial charge in [-0.15, -0.1) is 0 Å². The molecule has 2 N–H and O–H groups in total. The molecule has 4 aromatic rings. The minimum absolute atomic E-state index is 0.0189. The highest BCUT2D eigenvalue weighted by Gasteiger charge is 2.17. The van der Waals surface area contributed by atoms with Gasteiger partial charge in [0.1, 0.15) is 0 Å². The van der Waals surface area contributed by atoms with Gasteiger partial charge < -0.3 is 10.6 Å². The lowest BCUT2D eigenvalue weighted by atomic mass is 10.1. The van der Waals surface area contributed by atoms with E-state index in [0.717, 1.165) is 95.5 Å². The van der Waals surface area contributed by atoms with Gasteiger partial charge in [0.2, 0.25) is 11.8 Å². The first kappa shape index (κ1) is 31.7. The van der Waals surface area contributed by atoms with E-state index < -0.39 is 0 Å². The molecule has 244 valence electrons. The van der Waals surface area contributed by atoms with Crippen molar-refractivity contribution in [2.45, 2.75) is 38.5 Å². The maximum atomic E-state index is 13.1. The van der Waals surface area contributed by atoms with Crippen LogP contribution in [0.15, 0.2) is 107 Å². The molecule has 48 heavy (non-hydrogen) atoms. The van der Waals surface area contributed by atoms with Gasteiger partial charge in [-0.25, -0.2) is 9.98 Å². The normalized spacial score (nSPS) is 16.8. The number of hydrogen-bond acceptors (Lipinski definition) is 6. The molecule has 2 fully saturated rings. The minimum Gasteiger partial charge on any atom is -0.325 e. The van der Waals surface area contributed by atoms with Crippen molar-refractivity contribution in [1.29, 1.82) is 0 Å². The molecular weight excluding hydrogens is 596 g/mol. The van der Waals surface area contributed by atoms with Crippen LogP contribution in [0.3, 0.4) is 0 Å². The number of benzene rings is 4. The second-order valence-electron chi connectivity index (χ2n) is 12.9. The molecule has 3 aliphatic heterocycles. The van der Waals surface area contributed by atoms with Crippen molar-refractivity contribution in [3.63, 3.8) is 0 Å². The molecule has 0 saturated carbocycles. The molecular formula is C40H42N6O2. The Morgan fingerprint density at radius 1 is 0.521 bits per heavy atom. The average Bonchev–Trinajstić information content (AvgIpc) is 3.11.